The lowest BCUT2D eigenvalue weighted by Gasteiger charge is -2.10. The number of amides is 1. The molecule has 0 saturated heterocycles. The third-order valence-electron chi connectivity index (χ3n) is 1.88. The van der Waals surface area contributed by atoms with Crippen LogP contribution in [0, 0.1) is 11.6 Å². The van der Waals surface area contributed by atoms with Gasteiger partial charge in [-0.3, -0.25) is 4.79 Å². The average Bonchev–Trinajstić information content (AvgIpc) is 2.21. The third kappa shape index (κ3) is 5.39. The predicted octanol–water partition coefficient (Wildman–Crippen LogP) is 2.71. The fourth-order valence-electron chi connectivity index (χ4n) is 1.16. The maximum absolute atomic E-state index is 13.2. The molecule has 1 amide bonds. The molecular weight excluding hydrogens is 295 g/mol. The standard InChI is InChI=1S/C10H8ClF5N2O/c11-6-1-5(12)2-7(13)9(6)18-8(19)3-17-4-10(14,15)16/h1-2,17H,3-4H2,(H,18,19). The first kappa shape index (κ1) is 15.6. The molecule has 2 N–H and O–H groups in total. The number of halogens is 6. The van der Waals surface area contributed by atoms with Gasteiger partial charge in [-0.05, 0) is 6.07 Å². The van der Waals surface area contributed by atoms with Crippen LogP contribution in [0.3, 0.4) is 0 Å². The summed E-state index contributed by atoms with van der Waals surface area (Å²) in [6.45, 7) is -2.05. The van der Waals surface area contributed by atoms with Crippen LogP contribution in [0.15, 0.2) is 12.1 Å². The molecular formula is C10H8ClF5N2O. The number of hydrogen-bond acceptors (Lipinski definition) is 2. The fraction of sp³-hybridized carbons (Fsp3) is 0.300. The van der Waals surface area contributed by atoms with Gasteiger partial charge in [-0.25, -0.2) is 8.78 Å². The minimum absolute atomic E-state index is 0.387. The van der Waals surface area contributed by atoms with Crippen molar-refractivity contribution in [3.63, 3.8) is 0 Å². The topological polar surface area (TPSA) is 41.1 Å². The molecule has 0 saturated carbocycles. The van der Waals surface area contributed by atoms with E-state index in [1.165, 1.54) is 0 Å². The Kier molecular flexibility index (Phi) is 5.07. The van der Waals surface area contributed by atoms with Crippen molar-refractivity contribution in [3.8, 4) is 0 Å². The monoisotopic (exact) mass is 302 g/mol. The van der Waals surface area contributed by atoms with Gasteiger partial charge < -0.3 is 10.6 Å². The maximum Gasteiger partial charge on any atom is 0.401 e. The van der Waals surface area contributed by atoms with E-state index in [-0.39, 0.29) is 5.02 Å². The smallest absolute Gasteiger partial charge is 0.321 e. The number of nitrogens with one attached hydrogen (secondary N) is 2. The summed E-state index contributed by atoms with van der Waals surface area (Å²) >= 11 is 5.49. The molecule has 0 spiro atoms. The predicted molar refractivity (Wildman–Crippen MR) is 58.9 cm³/mol. The van der Waals surface area contributed by atoms with Crippen molar-refractivity contribution in [1.29, 1.82) is 0 Å². The normalized spacial score (nSPS) is 11.5. The molecule has 0 unspecified atom stereocenters. The summed E-state index contributed by atoms with van der Waals surface area (Å²) in [7, 11) is 0. The molecule has 1 aromatic carbocycles. The van der Waals surface area contributed by atoms with E-state index in [0.29, 0.717) is 6.07 Å². The molecule has 0 aliphatic rings. The van der Waals surface area contributed by atoms with Crippen LogP contribution in [0.2, 0.25) is 5.02 Å². The largest absolute Gasteiger partial charge is 0.401 e. The Morgan fingerprint density at radius 2 is 1.89 bits per heavy atom. The van der Waals surface area contributed by atoms with Crippen molar-refractivity contribution in [2.45, 2.75) is 6.18 Å². The van der Waals surface area contributed by atoms with Crippen molar-refractivity contribution < 1.29 is 26.7 Å². The molecule has 0 bridgehead atoms. The van der Waals surface area contributed by atoms with E-state index in [0.717, 1.165) is 6.07 Å². The lowest BCUT2D eigenvalue weighted by molar-refractivity contribution is -0.127. The van der Waals surface area contributed by atoms with Crippen LogP contribution < -0.4 is 10.6 Å². The van der Waals surface area contributed by atoms with E-state index < -0.39 is 42.5 Å². The fourth-order valence-corrected chi connectivity index (χ4v) is 1.40. The van der Waals surface area contributed by atoms with Gasteiger partial charge >= 0.3 is 6.18 Å². The first-order valence-corrected chi connectivity index (χ1v) is 5.28. The van der Waals surface area contributed by atoms with Gasteiger partial charge in [0, 0.05) is 6.07 Å². The Labute approximate surface area is 109 Å². The van der Waals surface area contributed by atoms with Crippen LogP contribution in [0.1, 0.15) is 0 Å². The highest BCUT2D eigenvalue weighted by Gasteiger charge is 2.26. The Hall–Kier alpha value is -1.41. The first-order valence-electron chi connectivity index (χ1n) is 4.91. The van der Waals surface area contributed by atoms with Gasteiger partial charge in [-0.1, -0.05) is 11.6 Å². The molecule has 9 heteroatoms. The number of rotatable bonds is 4. The first-order chi connectivity index (χ1) is 8.69. The van der Waals surface area contributed by atoms with Crippen LogP contribution in [-0.2, 0) is 4.79 Å². The van der Waals surface area contributed by atoms with Gasteiger partial charge in [0.2, 0.25) is 5.91 Å². The Balaban J connectivity index is 2.58. The Bertz CT molecular complexity index is 454. The molecule has 3 nitrogen and oxygen atoms in total. The highest BCUT2D eigenvalue weighted by Crippen LogP contribution is 2.26. The van der Waals surface area contributed by atoms with Crippen LogP contribution in [0.4, 0.5) is 27.6 Å². The van der Waals surface area contributed by atoms with E-state index in [4.69, 9.17) is 11.6 Å². The lowest BCUT2D eigenvalue weighted by Crippen LogP contribution is -2.35. The van der Waals surface area contributed by atoms with Gasteiger partial charge in [0.1, 0.15) is 5.82 Å². The van der Waals surface area contributed by atoms with Crippen molar-refractivity contribution in [1.82, 2.24) is 5.32 Å². The van der Waals surface area contributed by atoms with E-state index in [1.807, 2.05) is 10.6 Å². The van der Waals surface area contributed by atoms with E-state index in [1.54, 1.807) is 0 Å². The van der Waals surface area contributed by atoms with Crippen molar-refractivity contribution in [3.05, 3.63) is 28.8 Å². The summed E-state index contributed by atoms with van der Waals surface area (Å²) in [6, 6.07) is 1.26. The summed E-state index contributed by atoms with van der Waals surface area (Å²) in [4.78, 5) is 11.2. The second kappa shape index (κ2) is 6.16. The molecule has 106 valence electrons. The number of hydrogen-bond donors (Lipinski definition) is 2. The van der Waals surface area contributed by atoms with Gasteiger partial charge in [0.15, 0.2) is 5.82 Å². The number of anilines is 1. The number of benzene rings is 1. The second-order valence-electron chi connectivity index (χ2n) is 3.51. The van der Waals surface area contributed by atoms with Crippen molar-refractivity contribution in [2.24, 2.45) is 0 Å². The van der Waals surface area contributed by atoms with Gasteiger partial charge in [0.25, 0.3) is 0 Å². The molecule has 1 rings (SSSR count). The summed E-state index contributed by atoms with van der Waals surface area (Å²) in [5.74, 6) is -2.98. The van der Waals surface area contributed by atoms with Gasteiger partial charge in [0.05, 0.1) is 23.8 Å². The average molecular weight is 303 g/mol. The Morgan fingerprint density at radius 1 is 1.26 bits per heavy atom. The molecule has 0 fully saturated rings. The van der Waals surface area contributed by atoms with Gasteiger partial charge in [-0.2, -0.15) is 13.2 Å². The SMILES string of the molecule is O=C(CNCC(F)(F)F)Nc1c(F)cc(F)cc1Cl. The lowest BCUT2D eigenvalue weighted by atomic mass is 10.3. The zero-order valence-electron chi connectivity index (χ0n) is 9.24. The molecule has 0 radical (unpaired) electrons. The van der Waals surface area contributed by atoms with Crippen molar-refractivity contribution in [2.75, 3.05) is 18.4 Å². The third-order valence-corrected chi connectivity index (χ3v) is 2.18. The molecule has 0 heterocycles. The molecule has 0 aliphatic heterocycles. The summed E-state index contributed by atoms with van der Waals surface area (Å²) in [6.07, 6.45) is -4.46. The van der Waals surface area contributed by atoms with Crippen LogP contribution in [0.5, 0.6) is 0 Å². The van der Waals surface area contributed by atoms with Crippen LogP contribution in [-0.4, -0.2) is 25.2 Å². The highest BCUT2D eigenvalue weighted by molar-refractivity contribution is 6.33. The Morgan fingerprint density at radius 3 is 2.42 bits per heavy atom. The number of alkyl halides is 3. The van der Waals surface area contributed by atoms with Crippen LogP contribution in [0.25, 0.3) is 0 Å². The molecule has 0 atom stereocenters. The zero-order chi connectivity index (χ0) is 14.6. The van der Waals surface area contributed by atoms with E-state index in [2.05, 4.69) is 0 Å². The highest BCUT2D eigenvalue weighted by atomic mass is 35.5. The maximum atomic E-state index is 13.2. The molecule has 0 aromatic heterocycles. The molecule has 0 aliphatic carbocycles. The quantitative estimate of drug-likeness (QED) is 0.840. The number of carbonyl (C=O) groups excluding carboxylic acids is 1. The summed E-state index contributed by atoms with van der Waals surface area (Å²) < 4.78 is 61.3. The molecule has 1 aromatic rings. The van der Waals surface area contributed by atoms with Gasteiger partial charge in [-0.15, -0.1) is 0 Å². The minimum atomic E-state index is -4.46. The van der Waals surface area contributed by atoms with Crippen molar-refractivity contribution >= 4 is 23.2 Å². The van der Waals surface area contributed by atoms with E-state index >= 15 is 0 Å². The van der Waals surface area contributed by atoms with E-state index in [9.17, 15) is 26.7 Å². The van der Waals surface area contributed by atoms with Crippen LogP contribution >= 0.6 is 11.6 Å². The zero-order valence-corrected chi connectivity index (χ0v) is 10.0. The molecule has 19 heavy (non-hydrogen) atoms. The minimum Gasteiger partial charge on any atom is -0.321 e. The number of carbonyl (C=O) groups is 1. The summed E-state index contributed by atoms with van der Waals surface area (Å²) in [5, 5.41) is 3.38. The summed E-state index contributed by atoms with van der Waals surface area (Å²) in [5.41, 5.74) is -0.484. The second-order valence-corrected chi connectivity index (χ2v) is 3.92.